The number of carbonyl (C=O) groups is 1. The fourth-order valence-corrected chi connectivity index (χ4v) is 2.84. The van der Waals surface area contributed by atoms with Crippen LogP contribution in [0.2, 0.25) is 0 Å². The molecule has 8 nitrogen and oxygen atoms in total. The van der Waals surface area contributed by atoms with Gasteiger partial charge in [0.2, 0.25) is 6.79 Å². The van der Waals surface area contributed by atoms with Gasteiger partial charge < -0.3 is 19.5 Å². The van der Waals surface area contributed by atoms with E-state index < -0.39 is 6.09 Å². The van der Waals surface area contributed by atoms with Crippen molar-refractivity contribution in [1.29, 1.82) is 0 Å². The molecule has 0 atom stereocenters. The molecule has 0 spiro atoms. The number of carbonyl (C=O) groups excluding carboxylic acids is 1. The van der Waals surface area contributed by atoms with E-state index in [1.54, 1.807) is 6.92 Å². The van der Waals surface area contributed by atoms with Gasteiger partial charge in [-0.05, 0) is 43.7 Å². The summed E-state index contributed by atoms with van der Waals surface area (Å²) in [6.45, 7) is 4.20. The van der Waals surface area contributed by atoms with E-state index in [0.717, 1.165) is 22.2 Å². The third-order valence-electron chi connectivity index (χ3n) is 4.13. The van der Waals surface area contributed by atoms with Crippen LogP contribution in [0, 0.1) is 6.92 Å². The molecule has 1 aromatic heterocycles. The molecule has 1 amide bonds. The number of nitrogens with zero attached hydrogens (tertiary/aromatic N) is 2. The Balaban J connectivity index is 1.61. The lowest BCUT2D eigenvalue weighted by Gasteiger charge is -2.12. The van der Waals surface area contributed by atoms with E-state index in [9.17, 15) is 4.79 Å². The maximum atomic E-state index is 11.6. The van der Waals surface area contributed by atoms with Crippen LogP contribution in [0.5, 0.6) is 11.5 Å². The molecule has 4 rings (SSSR count). The summed E-state index contributed by atoms with van der Waals surface area (Å²) in [7, 11) is 0. The van der Waals surface area contributed by atoms with E-state index in [1.165, 1.54) is 6.33 Å². The lowest BCUT2D eigenvalue weighted by Crippen LogP contribution is -2.14. The zero-order valence-electron chi connectivity index (χ0n) is 14.9. The van der Waals surface area contributed by atoms with Crippen LogP contribution >= 0.6 is 0 Å². The molecule has 0 aliphatic carbocycles. The molecule has 0 unspecified atom stereocenters. The standard InChI is InChI=1S/C19H18N4O4/c1-3-25-19(24)23-14-5-4-12(6-11(14)2)22-18-13-7-16-17(27-10-26-16)8-15(13)20-9-21-18/h4-9H,3,10H2,1-2H3,(H,23,24)(H,20,21,22). The highest BCUT2D eigenvalue weighted by Gasteiger charge is 2.17. The van der Waals surface area contributed by atoms with Gasteiger partial charge >= 0.3 is 6.09 Å². The maximum absolute atomic E-state index is 11.6. The van der Waals surface area contributed by atoms with Crippen LogP contribution in [0.1, 0.15) is 12.5 Å². The largest absolute Gasteiger partial charge is 0.454 e. The first-order valence-corrected chi connectivity index (χ1v) is 8.50. The molecule has 8 heteroatoms. The molecular formula is C19H18N4O4. The van der Waals surface area contributed by atoms with Crippen molar-refractivity contribution in [1.82, 2.24) is 9.97 Å². The molecule has 2 aromatic carbocycles. The van der Waals surface area contributed by atoms with Gasteiger partial charge in [-0.3, -0.25) is 5.32 Å². The van der Waals surface area contributed by atoms with Crippen molar-refractivity contribution in [2.24, 2.45) is 0 Å². The fourth-order valence-electron chi connectivity index (χ4n) is 2.84. The van der Waals surface area contributed by atoms with Gasteiger partial charge in [0.15, 0.2) is 11.5 Å². The van der Waals surface area contributed by atoms with Crippen LogP contribution in [0.4, 0.5) is 22.0 Å². The van der Waals surface area contributed by atoms with Crippen LogP contribution < -0.4 is 20.1 Å². The number of nitrogens with one attached hydrogen (secondary N) is 2. The lowest BCUT2D eigenvalue weighted by molar-refractivity contribution is 0.168. The molecule has 0 fully saturated rings. The molecule has 1 aliphatic heterocycles. The van der Waals surface area contributed by atoms with Crippen molar-refractivity contribution >= 4 is 34.2 Å². The van der Waals surface area contributed by atoms with E-state index in [1.807, 2.05) is 37.3 Å². The second kappa shape index (κ2) is 6.99. The van der Waals surface area contributed by atoms with Crippen LogP contribution in [0.15, 0.2) is 36.7 Å². The predicted molar refractivity (Wildman–Crippen MR) is 101 cm³/mol. The van der Waals surface area contributed by atoms with Crippen molar-refractivity contribution < 1.29 is 19.0 Å². The fraction of sp³-hybridized carbons (Fsp3) is 0.211. The Kier molecular flexibility index (Phi) is 4.37. The number of hydrogen-bond donors (Lipinski definition) is 2. The Labute approximate surface area is 155 Å². The first-order chi connectivity index (χ1) is 13.1. The molecule has 2 heterocycles. The summed E-state index contributed by atoms with van der Waals surface area (Å²) in [5.74, 6) is 2.01. The Morgan fingerprint density at radius 2 is 2.00 bits per heavy atom. The van der Waals surface area contributed by atoms with Crippen molar-refractivity contribution in [2.45, 2.75) is 13.8 Å². The molecule has 138 valence electrons. The van der Waals surface area contributed by atoms with Crippen molar-refractivity contribution in [3.8, 4) is 11.5 Å². The summed E-state index contributed by atoms with van der Waals surface area (Å²) < 4.78 is 15.7. The van der Waals surface area contributed by atoms with Gasteiger partial charge in [-0.2, -0.15) is 0 Å². The van der Waals surface area contributed by atoms with E-state index in [4.69, 9.17) is 14.2 Å². The van der Waals surface area contributed by atoms with Gasteiger partial charge in [-0.25, -0.2) is 14.8 Å². The number of aromatic nitrogens is 2. The quantitative estimate of drug-likeness (QED) is 0.721. The van der Waals surface area contributed by atoms with Gasteiger partial charge in [0.25, 0.3) is 0 Å². The summed E-state index contributed by atoms with van der Waals surface area (Å²) in [5, 5.41) is 6.84. The Hall–Kier alpha value is -3.55. The normalized spacial score (nSPS) is 12.1. The topological polar surface area (TPSA) is 94.6 Å². The highest BCUT2D eigenvalue weighted by Crippen LogP contribution is 2.37. The first kappa shape index (κ1) is 16.9. The molecule has 0 saturated carbocycles. The molecular weight excluding hydrogens is 348 g/mol. The zero-order valence-corrected chi connectivity index (χ0v) is 14.9. The molecule has 27 heavy (non-hydrogen) atoms. The van der Waals surface area contributed by atoms with Gasteiger partial charge in [0, 0.05) is 22.8 Å². The number of aryl methyl sites for hydroxylation is 1. The number of benzene rings is 2. The summed E-state index contributed by atoms with van der Waals surface area (Å²) in [6, 6.07) is 9.29. The van der Waals surface area contributed by atoms with Crippen molar-refractivity contribution in [3.05, 3.63) is 42.2 Å². The molecule has 3 aromatic rings. The first-order valence-electron chi connectivity index (χ1n) is 8.50. The number of fused-ring (bicyclic) bond motifs is 2. The molecule has 0 saturated heterocycles. The Bertz CT molecular complexity index is 1020. The molecule has 0 radical (unpaired) electrons. The highest BCUT2D eigenvalue weighted by molar-refractivity contribution is 5.93. The smallest absolute Gasteiger partial charge is 0.411 e. The summed E-state index contributed by atoms with van der Waals surface area (Å²) in [6.07, 6.45) is 1.02. The lowest BCUT2D eigenvalue weighted by atomic mass is 10.1. The molecule has 1 aliphatic rings. The number of hydrogen-bond acceptors (Lipinski definition) is 7. The van der Waals surface area contributed by atoms with Gasteiger partial charge in [-0.1, -0.05) is 0 Å². The van der Waals surface area contributed by atoms with E-state index >= 15 is 0 Å². The van der Waals surface area contributed by atoms with E-state index in [2.05, 4.69) is 20.6 Å². The van der Waals surface area contributed by atoms with Crippen LogP contribution in [-0.2, 0) is 4.74 Å². The van der Waals surface area contributed by atoms with E-state index in [-0.39, 0.29) is 6.79 Å². The van der Waals surface area contributed by atoms with Crippen LogP contribution in [0.25, 0.3) is 10.9 Å². The van der Waals surface area contributed by atoms with Gasteiger partial charge in [0.1, 0.15) is 12.1 Å². The second-order valence-electron chi connectivity index (χ2n) is 5.95. The highest BCUT2D eigenvalue weighted by atomic mass is 16.7. The zero-order chi connectivity index (χ0) is 18.8. The molecule has 2 N–H and O–H groups in total. The summed E-state index contributed by atoms with van der Waals surface area (Å²) in [4.78, 5) is 20.2. The van der Waals surface area contributed by atoms with Gasteiger partial charge in [-0.15, -0.1) is 0 Å². The summed E-state index contributed by atoms with van der Waals surface area (Å²) in [5.41, 5.74) is 3.17. The minimum absolute atomic E-state index is 0.204. The van der Waals surface area contributed by atoms with Crippen molar-refractivity contribution in [3.63, 3.8) is 0 Å². The monoisotopic (exact) mass is 366 g/mol. The third-order valence-corrected chi connectivity index (χ3v) is 4.13. The minimum atomic E-state index is -0.473. The number of ether oxygens (including phenoxy) is 3. The van der Waals surface area contributed by atoms with E-state index in [0.29, 0.717) is 29.6 Å². The third kappa shape index (κ3) is 3.41. The maximum Gasteiger partial charge on any atom is 0.411 e. The number of rotatable bonds is 4. The Morgan fingerprint density at radius 3 is 2.78 bits per heavy atom. The van der Waals surface area contributed by atoms with Crippen LogP contribution in [-0.4, -0.2) is 29.5 Å². The average molecular weight is 366 g/mol. The van der Waals surface area contributed by atoms with Crippen LogP contribution in [0.3, 0.4) is 0 Å². The summed E-state index contributed by atoms with van der Waals surface area (Å²) >= 11 is 0. The predicted octanol–water partition coefficient (Wildman–Crippen LogP) is 3.98. The minimum Gasteiger partial charge on any atom is -0.454 e. The number of amides is 1. The Morgan fingerprint density at radius 1 is 1.19 bits per heavy atom. The average Bonchev–Trinajstić information content (AvgIpc) is 3.10. The van der Waals surface area contributed by atoms with Gasteiger partial charge in [0.05, 0.1) is 12.1 Å². The number of anilines is 3. The van der Waals surface area contributed by atoms with Crippen molar-refractivity contribution in [2.75, 3.05) is 24.0 Å². The SMILES string of the molecule is CCOC(=O)Nc1ccc(Nc2ncnc3cc4c(cc23)OCO4)cc1C. The molecule has 0 bridgehead atoms. The second-order valence-corrected chi connectivity index (χ2v) is 5.95.